The summed E-state index contributed by atoms with van der Waals surface area (Å²) in [6.45, 7) is 6.15. The second-order valence-electron chi connectivity index (χ2n) is 11.3. The smallest absolute Gasteiger partial charge is 0.256 e. The van der Waals surface area contributed by atoms with Gasteiger partial charge < -0.3 is 39.8 Å². The first-order chi connectivity index (χ1) is 22.3. The van der Waals surface area contributed by atoms with Crippen molar-refractivity contribution in [2.75, 3.05) is 63.1 Å². The Bertz CT molecular complexity index is 1440. The summed E-state index contributed by atoms with van der Waals surface area (Å²) < 4.78 is 23.5. The molecule has 2 aromatic carbocycles. The third-order valence-corrected chi connectivity index (χ3v) is 11.3. The molecule has 2 aromatic rings. The highest BCUT2D eigenvalue weighted by Crippen LogP contribution is 2.39. The number of methoxy groups -OCH3 is 2. The highest BCUT2D eigenvalue weighted by atomic mass is 32.2. The van der Waals surface area contributed by atoms with E-state index >= 15 is 0 Å². The number of nitrogen functional groups attached to an aromatic ring is 1. The largest absolute Gasteiger partial charge is 0.493 e. The molecule has 0 bridgehead atoms. The van der Waals surface area contributed by atoms with Gasteiger partial charge in [-0.05, 0) is 49.3 Å². The van der Waals surface area contributed by atoms with Gasteiger partial charge >= 0.3 is 0 Å². The Hall–Kier alpha value is -3.45. The number of ether oxygens (including phenoxy) is 4. The van der Waals surface area contributed by atoms with Crippen LogP contribution in [0, 0.1) is 0 Å². The maximum absolute atomic E-state index is 13.7. The molecule has 0 radical (unpaired) electrons. The van der Waals surface area contributed by atoms with E-state index in [1.807, 2.05) is 28.4 Å². The van der Waals surface area contributed by atoms with Crippen molar-refractivity contribution in [3.05, 3.63) is 35.4 Å². The van der Waals surface area contributed by atoms with Gasteiger partial charge in [-0.1, -0.05) is 13.8 Å². The molecular formula is C33H44N4O7S2. The fourth-order valence-corrected chi connectivity index (χ4v) is 9.17. The summed E-state index contributed by atoms with van der Waals surface area (Å²) in [5.74, 6) is 3.25. The molecule has 0 spiro atoms. The first-order valence-corrected chi connectivity index (χ1v) is 18.0. The fourth-order valence-electron chi connectivity index (χ4n) is 6.30. The van der Waals surface area contributed by atoms with E-state index in [1.54, 1.807) is 36.3 Å². The molecule has 0 aliphatic carbocycles. The number of likely N-dealkylation sites (tertiary alicyclic amines) is 1. The summed E-state index contributed by atoms with van der Waals surface area (Å²) in [6, 6.07) is 6.30. The van der Waals surface area contributed by atoms with E-state index in [2.05, 4.69) is 19.2 Å². The van der Waals surface area contributed by atoms with Crippen LogP contribution in [0.3, 0.4) is 0 Å². The van der Waals surface area contributed by atoms with Crippen molar-refractivity contribution in [2.45, 2.75) is 62.6 Å². The standard InChI is InChI=1S/C33H44N4O7S2/c1-5-45-33(46-6-2)25-11-8-13-37(25)31(39)20-16-26(41-3)28(18-22(20)34)43-14-9-15-44-29-19-23-21(17-27(29)42-4)32(40)36-12-7-10-24(36)30(38)35-23/h16-19,24-25,33H,5-15,34H2,1-4H3,(H,35,38)/t24-,25+/m1/s1. The molecule has 2 saturated heterocycles. The molecule has 3 aliphatic heterocycles. The van der Waals surface area contributed by atoms with E-state index in [4.69, 9.17) is 24.7 Å². The van der Waals surface area contributed by atoms with Gasteiger partial charge in [-0.15, -0.1) is 23.5 Å². The fraction of sp³-hybridized carbons (Fsp3) is 0.545. The quantitative estimate of drug-likeness (QED) is 0.158. The molecule has 11 nitrogen and oxygen atoms in total. The number of rotatable bonds is 14. The van der Waals surface area contributed by atoms with Gasteiger partial charge in [0.2, 0.25) is 5.91 Å². The van der Waals surface area contributed by atoms with Crippen molar-refractivity contribution in [3.63, 3.8) is 0 Å². The normalized spacial score (nSPS) is 19.1. The number of nitrogens with one attached hydrogen (secondary N) is 1. The van der Waals surface area contributed by atoms with Crippen molar-refractivity contribution in [3.8, 4) is 23.0 Å². The van der Waals surface area contributed by atoms with Gasteiger partial charge in [-0.2, -0.15) is 0 Å². The molecule has 2 atom stereocenters. The Kier molecular flexibility index (Phi) is 11.4. The molecule has 5 rings (SSSR count). The number of amides is 3. The molecule has 13 heteroatoms. The predicted molar refractivity (Wildman–Crippen MR) is 183 cm³/mol. The topological polar surface area (TPSA) is 133 Å². The Labute approximate surface area is 279 Å². The summed E-state index contributed by atoms with van der Waals surface area (Å²) >= 11 is 3.79. The van der Waals surface area contributed by atoms with Crippen LogP contribution in [0.2, 0.25) is 0 Å². The zero-order valence-corrected chi connectivity index (χ0v) is 28.6. The van der Waals surface area contributed by atoms with Crippen LogP contribution >= 0.6 is 23.5 Å². The summed E-state index contributed by atoms with van der Waals surface area (Å²) in [7, 11) is 3.05. The summed E-state index contributed by atoms with van der Waals surface area (Å²) in [5, 5.41) is 2.89. The number of hydrogen-bond acceptors (Lipinski definition) is 10. The Morgan fingerprint density at radius 1 is 0.935 bits per heavy atom. The zero-order valence-electron chi connectivity index (χ0n) is 27.0. The van der Waals surface area contributed by atoms with Crippen molar-refractivity contribution >= 4 is 52.6 Å². The maximum Gasteiger partial charge on any atom is 0.256 e. The number of nitrogens with two attached hydrogens (primary N) is 1. The molecular weight excluding hydrogens is 629 g/mol. The lowest BCUT2D eigenvalue weighted by atomic mass is 10.1. The highest BCUT2D eigenvalue weighted by Gasteiger charge is 2.39. The third-order valence-electron chi connectivity index (χ3n) is 8.51. The number of benzene rings is 2. The summed E-state index contributed by atoms with van der Waals surface area (Å²) in [5.41, 5.74) is 7.98. The minimum Gasteiger partial charge on any atom is -0.493 e. The third kappa shape index (κ3) is 7.10. The van der Waals surface area contributed by atoms with E-state index in [1.165, 1.54) is 7.11 Å². The van der Waals surface area contributed by atoms with Crippen LogP contribution in [0.25, 0.3) is 0 Å². The van der Waals surface area contributed by atoms with E-state index in [0.29, 0.717) is 82.6 Å². The molecule has 250 valence electrons. The minimum absolute atomic E-state index is 0.0790. The van der Waals surface area contributed by atoms with Crippen LogP contribution in [0.5, 0.6) is 23.0 Å². The van der Waals surface area contributed by atoms with Crippen LogP contribution in [0.4, 0.5) is 11.4 Å². The lowest BCUT2D eigenvalue weighted by molar-refractivity contribution is -0.119. The molecule has 3 aliphatic rings. The first kappa shape index (κ1) is 33.9. The molecule has 2 fully saturated rings. The lowest BCUT2D eigenvalue weighted by Crippen LogP contribution is -2.41. The Morgan fingerprint density at radius 3 is 2.26 bits per heavy atom. The van der Waals surface area contributed by atoms with Gasteiger partial charge in [0.1, 0.15) is 6.04 Å². The van der Waals surface area contributed by atoms with Crippen LogP contribution < -0.4 is 30.0 Å². The van der Waals surface area contributed by atoms with Gasteiger partial charge in [0.15, 0.2) is 23.0 Å². The lowest BCUT2D eigenvalue weighted by Gasteiger charge is -2.31. The average molecular weight is 673 g/mol. The summed E-state index contributed by atoms with van der Waals surface area (Å²) in [4.78, 5) is 43.2. The van der Waals surface area contributed by atoms with Gasteiger partial charge in [0.25, 0.3) is 11.8 Å². The molecule has 3 heterocycles. The van der Waals surface area contributed by atoms with Crippen LogP contribution in [-0.4, -0.2) is 96.2 Å². The number of anilines is 2. The van der Waals surface area contributed by atoms with Gasteiger partial charge in [-0.25, -0.2) is 0 Å². The zero-order chi connectivity index (χ0) is 32.8. The minimum atomic E-state index is -0.454. The number of nitrogens with zero attached hydrogens (tertiary/aromatic N) is 2. The predicted octanol–water partition coefficient (Wildman–Crippen LogP) is 5.13. The molecule has 0 aromatic heterocycles. The van der Waals surface area contributed by atoms with Crippen molar-refractivity contribution in [1.29, 1.82) is 0 Å². The first-order valence-electron chi connectivity index (χ1n) is 15.9. The molecule has 3 N–H and O–H groups in total. The molecule has 0 unspecified atom stereocenters. The second kappa shape index (κ2) is 15.4. The number of carbonyl (C=O) groups is 3. The van der Waals surface area contributed by atoms with E-state index in [9.17, 15) is 14.4 Å². The van der Waals surface area contributed by atoms with E-state index in [-0.39, 0.29) is 30.4 Å². The van der Waals surface area contributed by atoms with E-state index < -0.39 is 6.04 Å². The van der Waals surface area contributed by atoms with Crippen molar-refractivity contribution < 1.29 is 33.3 Å². The number of fused-ring (bicyclic) bond motifs is 2. The summed E-state index contributed by atoms with van der Waals surface area (Å²) in [6.07, 6.45) is 3.92. The Morgan fingerprint density at radius 2 is 1.59 bits per heavy atom. The number of hydrogen-bond donors (Lipinski definition) is 2. The monoisotopic (exact) mass is 672 g/mol. The molecule has 3 amide bonds. The molecule has 46 heavy (non-hydrogen) atoms. The van der Waals surface area contributed by atoms with Crippen molar-refractivity contribution in [2.24, 2.45) is 0 Å². The molecule has 0 saturated carbocycles. The maximum atomic E-state index is 13.7. The number of carbonyl (C=O) groups excluding carboxylic acids is 3. The van der Waals surface area contributed by atoms with Gasteiger partial charge in [0, 0.05) is 37.3 Å². The highest BCUT2D eigenvalue weighted by molar-refractivity contribution is 8.17. The average Bonchev–Trinajstić information content (AvgIpc) is 3.73. The van der Waals surface area contributed by atoms with Crippen LogP contribution in [0.1, 0.15) is 66.7 Å². The van der Waals surface area contributed by atoms with Gasteiger partial charge in [0.05, 0.1) is 54.9 Å². The van der Waals surface area contributed by atoms with Crippen LogP contribution in [-0.2, 0) is 4.79 Å². The van der Waals surface area contributed by atoms with Crippen molar-refractivity contribution in [1.82, 2.24) is 9.80 Å². The number of thioether (sulfide) groups is 2. The van der Waals surface area contributed by atoms with Gasteiger partial charge in [-0.3, -0.25) is 14.4 Å². The van der Waals surface area contributed by atoms with Crippen LogP contribution in [0.15, 0.2) is 24.3 Å². The SMILES string of the molecule is CCSC(SCC)[C@@H]1CCCN1C(=O)c1cc(OC)c(OCCCOc2cc3c(cc2OC)C(=O)N2CCC[C@@H]2C(=O)N3)cc1N. The Balaban J connectivity index is 1.21. The second-order valence-corrected chi connectivity index (χ2v) is 14.5. The van der Waals surface area contributed by atoms with E-state index in [0.717, 1.165) is 30.8 Å².